The maximum atomic E-state index is 6.29. The van der Waals surface area contributed by atoms with Crippen LogP contribution in [0.4, 0.5) is 0 Å². The third-order valence-electron chi connectivity index (χ3n) is 5.67. The van der Waals surface area contributed by atoms with Gasteiger partial charge in [0.1, 0.15) is 0 Å². The van der Waals surface area contributed by atoms with Crippen molar-refractivity contribution in [3.05, 3.63) is 83.9 Å². The molecule has 2 aromatic carbocycles. The predicted octanol–water partition coefficient (Wildman–Crippen LogP) is 6.50. The molecule has 2 aromatic rings. The van der Waals surface area contributed by atoms with Crippen molar-refractivity contribution in [3.63, 3.8) is 0 Å². The molecule has 3 rings (SSSR count). The number of hydrogen-bond acceptors (Lipinski definition) is 2. The van der Waals surface area contributed by atoms with Crippen molar-refractivity contribution in [2.24, 2.45) is 0 Å². The molecule has 0 saturated carbocycles. The van der Waals surface area contributed by atoms with E-state index in [0.717, 1.165) is 19.3 Å². The van der Waals surface area contributed by atoms with Crippen molar-refractivity contribution >= 4 is 0 Å². The molecule has 2 atom stereocenters. The largest absolute Gasteiger partial charge is 0.298 e. The van der Waals surface area contributed by atoms with E-state index in [-0.39, 0.29) is 11.6 Å². The van der Waals surface area contributed by atoms with Crippen LogP contribution in [0.15, 0.2) is 72.8 Å². The van der Waals surface area contributed by atoms with Gasteiger partial charge in [-0.3, -0.25) is 4.84 Å². The van der Waals surface area contributed by atoms with Gasteiger partial charge < -0.3 is 0 Å². The number of hydrogen-bond donors (Lipinski definition) is 0. The van der Waals surface area contributed by atoms with Crippen LogP contribution in [0.25, 0.3) is 0 Å². The van der Waals surface area contributed by atoms with E-state index >= 15 is 0 Å². The Bertz CT molecular complexity index is 697. The van der Waals surface area contributed by atoms with Gasteiger partial charge in [-0.05, 0) is 63.5 Å². The highest BCUT2D eigenvalue weighted by molar-refractivity contribution is 5.21. The molecule has 2 nitrogen and oxygen atoms in total. The van der Waals surface area contributed by atoms with E-state index < -0.39 is 0 Å². The summed E-state index contributed by atoms with van der Waals surface area (Å²) in [4.78, 5) is 6.29. The summed E-state index contributed by atoms with van der Waals surface area (Å²) in [5, 5.41) is 2.29. The molecule has 0 heterocycles. The number of aryl methyl sites for hydroxylation is 1. The van der Waals surface area contributed by atoms with Crippen molar-refractivity contribution in [2.75, 3.05) is 6.61 Å². The van der Waals surface area contributed by atoms with Crippen LogP contribution >= 0.6 is 0 Å². The van der Waals surface area contributed by atoms with Crippen LogP contribution in [0, 0.1) is 0 Å². The van der Waals surface area contributed by atoms with E-state index in [2.05, 4.69) is 91.7 Å². The molecule has 2 unspecified atom stereocenters. The fourth-order valence-electron chi connectivity index (χ4n) is 4.29. The predicted molar refractivity (Wildman–Crippen MR) is 113 cm³/mol. The zero-order chi connectivity index (χ0) is 19.0. The third kappa shape index (κ3) is 5.09. The zero-order valence-corrected chi connectivity index (χ0v) is 16.8. The second-order valence-electron chi connectivity index (χ2n) is 7.57. The highest BCUT2D eigenvalue weighted by Gasteiger charge is 2.39. The molecule has 1 aliphatic rings. The van der Waals surface area contributed by atoms with E-state index in [9.17, 15) is 0 Å². The topological polar surface area (TPSA) is 12.5 Å². The standard InChI is InChI=1S/C25H33NO/c1-3-27-26(22(2)24-17-9-5-10-18-24)25(19-11-6-12-20-25)21-13-16-23-14-7-4-8-15-23/h4-5,7-11,14-15,17-19,22H,3,6,12-13,16,20-21H2,1-2H3. The first-order valence-corrected chi connectivity index (χ1v) is 10.4. The molecule has 0 N–H and O–H groups in total. The smallest absolute Gasteiger partial charge is 0.0657 e. The molecule has 0 bridgehead atoms. The number of allylic oxidation sites excluding steroid dienone is 1. The Morgan fingerprint density at radius 2 is 1.74 bits per heavy atom. The molecule has 0 aromatic heterocycles. The lowest BCUT2D eigenvalue weighted by Gasteiger charge is -2.46. The Balaban J connectivity index is 1.79. The summed E-state index contributed by atoms with van der Waals surface area (Å²) < 4.78 is 0. The molecule has 144 valence electrons. The average Bonchev–Trinajstić information content (AvgIpc) is 2.73. The lowest BCUT2D eigenvalue weighted by atomic mass is 9.81. The van der Waals surface area contributed by atoms with Gasteiger partial charge in [-0.25, -0.2) is 0 Å². The van der Waals surface area contributed by atoms with Crippen molar-refractivity contribution < 1.29 is 4.84 Å². The fourth-order valence-corrected chi connectivity index (χ4v) is 4.29. The summed E-state index contributed by atoms with van der Waals surface area (Å²) in [6, 6.07) is 21.8. The summed E-state index contributed by atoms with van der Waals surface area (Å²) in [6.07, 6.45) is 11.8. The molecule has 27 heavy (non-hydrogen) atoms. The molecule has 0 fully saturated rings. The lowest BCUT2D eigenvalue weighted by Crippen LogP contribution is -2.49. The Labute approximate surface area is 164 Å². The van der Waals surface area contributed by atoms with Gasteiger partial charge in [0.2, 0.25) is 0 Å². The van der Waals surface area contributed by atoms with E-state index in [1.54, 1.807) is 0 Å². The molecule has 0 amide bonds. The van der Waals surface area contributed by atoms with Crippen molar-refractivity contribution in [3.8, 4) is 0 Å². The fraction of sp³-hybridized carbons (Fsp3) is 0.440. The number of nitrogens with zero attached hydrogens (tertiary/aromatic N) is 1. The summed E-state index contributed by atoms with van der Waals surface area (Å²) in [5.41, 5.74) is 2.72. The van der Waals surface area contributed by atoms with Crippen LogP contribution in [0.3, 0.4) is 0 Å². The first-order chi connectivity index (χ1) is 13.2. The van der Waals surface area contributed by atoms with Gasteiger partial charge in [0.15, 0.2) is 0 Å². The van der Waals surface area contributed by atoms with Crippen molar-refractivity contribution in [2.45, 2.75) is 64.0 Å². The number of benzene rings is 2. The van der Waals surface area contributed by atoms with Crippen LogP contribution in [0.5, 0.6) is 0 Å². The Morgan fingerprint density at radius 3 is 2.37 bits per heavy atom. The minimum Gasteiger partial charge on any atom is -0.298 e. The normalized spacial score (nSPS) is 20.7. The van der Waals surface area contributed by atoms with Crippen LogP contribution in [-0.2, 0) is 11.3 Å². The highest BCUT2D eigenvalue weighted by Crippen LogP contribution is 2.39. The third-order valence-corrected chi connectivity index (χ3v) is 5.67. The minimum absolute atomic E-state index is 0.0156. The molecule has 0 aliphatic heterocycles. The summed E-state index contributed by atoms with van der Waals surface area (Å²) in [7, 11) is 0. The molecular weight excluding hydrogens is 330 g/mol. The van der Waals surface area contributed by atoms with Crippen LogP contribution in [0.2, 0.25) is 0 Å². The maximum Gasteiger partial charge on any atom is 0.0657 e. The number of hydroxylamine groups is 2. The maximum absolute atomic E-state index is 6.29. The van der Waals surface area contributed by atoms with Crippen LogP contribution < -0.4 is 0 Å². The quantitative estimate of drug-likeness (QED) is 0.372. The van der Waals surface area contributed by atoms with Gasteiger partial charge in [0, 0.05) is 0 Å². The highest BCUT2D eigenvalue weighted by atomic mass is 16.7. The zero-order valence-electron chi connectivity index (χ0n) is 16.8. The van der Waals surface area contributed by atoms with Crippen molar-refractivity contribution in [1.82, 2.24) is 5.06 Å². The minimum atomic E-state index is -0.0156. The van der Waals surface area contributed by atoms with Gasteiger partial charge in [-0.15, -0.1) is 0 Å². The average molecular weight is 364 g/mol. The molecule has 2 heteroatoms. The Kier molecular flexibility index (Phi) is 7.25. The summed E-state index contributed by atoms with van der Waals surface area (Å²) >= 11 is 0. The Morgan fingerprint density at radius 1 is 1.04 bits per heavy atom. The second-order valence-corrected chi connectivity index (χ2v) is 7.57. The first kappa shape index (κ1) is 19.9. The van der Waals surface area contributed by atoms with E-state index in [0.29, 0.717) is 6.61 Å². The van der Waals surface area contributed by atoms with Gasteiger partial charge in [0.05, 0.1) is 18.2 Å². The van der Waals surface area contributed by atoms with E-state index in [1.165, 1.54) is 30.4 Å². The molecule has 0 radical (unpaired) electrons. The monoisotopic (exact) mass is 363 g/mol. The SMILES string of the molecule is CCON(C(C)c1ccccc1)C1(CCCc2ccccc2)C=CCCC1. The Hall–Kier alpha value is -1.90. The number of rotatable bonds is 9. The molecular formula is C25H33NO. The van der Waals surface area contributed by atoms with E-state index in [1.807, 2.05) is 0 Å². The van der Waals surface area contributed by atoms with Gasteiger partial charge >= 0.3 is 0 Å². The molecule has 0 spiro atoms. The van der Waals surface area contributed by atoms with Gasteiger partial charge in [-0.2, -0.15) is 5.06 Å². The lowest BCUT2D eigenvalue weighted by molar-refractivity contribution is -0.236. The molecule has 0 saturated heterocycles. The molecule has 1 aliphatic carbocycles. The summed E-state index contributed by atoms with van der Waals surface area (Å²) in [5.74, 6) is 0. The second kappa shape index (κ2) is 9.87. The van der Waals surface area contributed by atoms with Crippen LogP contribution in [0.1, 0.15) is 63.1 Å². The first-order valence-electron chi connectivity index (χ1n) is 10.4. The van der Waals surface area contributed by atoms with Crippen molar-refractivity contribution in [1.29, 1.82) is 0 Å². The van der Waals surface area contributed by atoms with Gasteiger partial charge in [-0.1, -0.05) is 72.8 Å². The summed E-state index contributed by atoms with van der Waals surface area (Å²) in [6.45, 7) is 5.06. The van der Waals surface area contributed by atoms with E-state index in [4.69, 9.17) is 4.84 Å². The van der Waals surface area contributed by atoms with Gasteiger partial charge in [0.25, 0.3) is 0 Å². The van der Waals surface area contributed by atoms with Crippen LogP contribution in [-0.4, -0.2) is 17.2 Å².